The van der Waals surface area contributed by atoms with Crippen molar-refractivity contribution in [2.75, 3.05) is 12.4 Å². The Bertz CT molecular complexity index is 1080. The number of carbonyl (C=O) groups excluding carboxylic acids is 1. The number of benzene rings is 1. The minimum absolute atomic E-state index is 0.118. The van der Waals surface area contributed by atoms with Crippen LogP contribution in [-0.2, 0) is 17.4 Å². The summed E-state index contributed by atoms with van der Waals surface area (Å²) in [5.41, 5.74) is 3.16. The standard InChI is InChI=1S/C19H20F3N5O2/c1-10-5-7-15(29-4)14(9-10)24-16(28)8-6-13-11(2)23-18-25-17(19(20,21)22)26-27(18)12(13)3/h5,7,9H,6,8H2,1-4H3,(H,24,28). The minimum atomic E-state index is -4.65. The predicted octanol–water partition coefficient (Wildman–Crippen LogP) is 3.65. The third-order valence-electron chi connectivity index (χ3n) is 4.53. The van der Waals surface area contributed by atoms with Crippen LogP contribution in [0.2, 0.25) is 0 Å². The zero-order valence-corrected chi connectivity index (χ0v) is 16.4. The van der Waals surface area contributed by atoms with Crippen molar-refractivity contribution in [2.45, 2.75) is 39.8 Å². The van der Waals surface area contributed by atoms with Crippen molar-refractivity contribution >= 4 is 17.4 Å². The molecule has 0 spiro atoms. The fourth-order valence-electron chi connectivity index (χ4n) is 3.06. The first kappa shape index (κ1) is 20.6. The van der Waals surface area contributed by atoms with Crippen LogP contribution in [0.1, 0.15) is 34.8 Å². The minimum Gasteiger partial charge on any atom is -0.495 e. The van der Waals surface area contributed by atoms with E-state index in [1.807, 2.05) is 13.0 Å². The molecule has 0 fully saturated rings. The van der Waals surface area contributed by atoms with Crippen LogP contribution in [0.3, 0.4) is 0 Å². The number of hydrogen-bond acceptors (Lipinski definition) is 5. The summed E-state index contributed by atoms with van der Waals surface area (Å²) in [6.45, 7) is 5.20. The van der Waals surface area contributed by atoms with Crippen molar-refractivity contribution in [1.29, 1.82) is 0 Å². The largest absolute Gasteiger partial charge is 0.495 e. The van der Waals surface area contributed by atoms with Crippen LogP contribution in [-0.4, -0.2) is 32.6 Å². The molecule has 154 valence electrons. The summed E-state index contributed by atoms with van der Waals surface area (Å²) >= 11 is 0. The van der Waals surface area contributed by atoms with E-state index >= 15 is 0 Å². The van der Waals surface area contributed by atoms with E-state index in [2.05, 4.69) is 20.4 Å². The van der Waals surface area contributed by atoms with Gasteiger partial charge in [-0.1, -0.05) is 6.07 Å². The number of halogens is 3. The van der Waals surface area contributed by atoms with Gasteiger partial charge >= 0.3 is 6.18 Å². The first-order chi connectivity index (χ1) is 13.6. The Morgan fingerprint density at radius 1 is 1.21 bits per heavy atom. The van der Waals surface area contributed by atoms with Gasteiger partial charge in [-0.25, -0.2) is 9.50 Å². The number of ether oxygens (including phenoxy) is 1. The number of amides is 1. The van der Waals surface area contributed by atoms with E-state index in [9.17, 15) is 18.0 Å². The van der Waals surface area contributed by atoms with Gasteiger partial charge in [0.2, 0.25) is 5.91 Å². The molecule has 1 aromatic carbocycles. The second-order valence-corrected chi connectivity index (χ2v) is 6.66. The fraction of sp³-hybridized carbons (Fsp3) is 0.368. The number of anilines is 1. The van der Waals surface area contributed by atoms with E-state index in [0.717, 1.165) is 10.1 Å². The highest BCUT2D eigenvalue weighted by Gasteiger charge is 2.36. The number of methoxy groups -OCH3 is 1. The molecule has 0 saturated heterocycles. The van der Waals surface area contributed by atoms with Crippen LogP contribution in [0.15, 0.2) is 18.2 Å². The number of alkyl halides is 3. The number of fused-ring (bicyclic) bond motifs is 1. The highest BCUT2D eigenvalue weighted by molar-refractivity contribution is 5.92. The van der Waals surface area contributed by atoms with Gasteiger partial charge in [-0.05, 0) is 50.5 Å². The maximum Gasteiger partial charge on any atom is 0.453 e. The molecule has 7 nitrogen and oxygen atoms in total. The summed E-state index contributed by atoms with van der Waals surface area (Å²) in [5, 5.41) is 6.32. The molecule has 3 rings (SSSR count). The zero-order valence-electron chi connectivity index (χ0n) is 16.4. The quantitative estimate of drug-likeness (QED) is 0.698. The van der Waals surface area contributed by atoms with Crippen molar-refractivity contribution in [3.05, 3.63) is 46.5 Å². The number of nitrogens with one attached hydrogen (secondary N) is 1. The lowest BCUT2D eigenvalue weighted by molar-refractivity contribution is -0.144. The molecule has 0 atom stereocenters. The van der Waals surface area contributed by atoms with Crippen LogP contribution >= 0.6 is 0 Å². The number of nitrogens with zero attached hydrogens (tertiary/aromatic N) is 4. The molecule has 0 aliphatic rings. The third-order valence-corrected chi connectivity index (χ3v) is 4.53. The first-order valence-electron chi connectivity index (χ1n) is 8.84. The molecule has 0 bridgehead atoms. The number of aryl methyl sites for hydroxylation is 3. The Balaban J connectivity index is 1.80. The van der Waals surface area contributed by atoms with Crippen molar-refractivity contribution in [2.24, 2.45) is 0 Å². The molecular formula is C19H20F3N5O2. The van der Waals surface area contributed by atoms with Crippen molar-refractivity contribution in [1.82, 2.24) is 19.6 Å². The molecule has 0 aliphatic heterocycles. The lowest BCUT2D eigenvalue weighted by atomic mass is 10.1. The molecule has 2 heterocycles. The molecule has 10 heteroatoms. The van der Waals surface area contributed by atoms with Crippen molar-refractivity contribution < 1.29 is 22.7 Å². The SMILES string of the molecule is COc1ccc(C)cc1NC(=O)CCc1c(C)nc2nc(C(F)(F)F)nn2c1C. The van der Waals surface area contributed by atoms with Crippen LogP contribution in [0, 0.1) is 20.8 Å². The van der Waals surface area contributed by atoms with Gasteiger partial charge in [0.1, 0.15) is 5.75 Å². The highest BCUT2D eigenvalue weighted by Crippen LogP contribution is 2.28. The molecule has 1 amide bonds. The Morgan fingerprint density at radius 2 is 1.93 bits per heavy atom. The van der Waals surface area contributed by atoms with E-state index in [1.54, 1.807) is 26.0 Å². The van der Waals surface area contributed by atoms with Crippen molar-refractivity contribution in [3.63, 3.8) is 0 Å². The number of hydrogen-bond donors (Lipinski definition) is 1. The van der Waals surface area contributed by atoms with E-state index < -0.39 is 12.0 Å². The zero-order chi connectivity index (χ0) is 21.3. The van der Waals surface area contributed by atoms with Crippen LogP contribution in [0.5, 0.6) is 5.75 Å². The number of carbonyl (C=O) groups is 1. The van der Waals surface area contributed by atoms with Gasteiger partial charge in [0.15, 0.2) is 0 Å². The first-order valence-corrected chi connectivity index (χ1v) is 8.84. The lowest BCUT2D eigenvalue weighted by Crippen LogP contribution is -2.15. The fourth-order valence-corrected chi connectivity index (χ4v) is 3.06. The summed E-state index contributed by atoms with van der Waals surface area (Å²) in [7, 11) is 1.52. The number of rotatable bonds is 5. The van der Waals surface area contributed by atoms with Gasteiger partial charge in [-0.15, -0.1) is 5.10 Å². The van der Waals surface area contributed by atoms with E-state index in [1.165, 1.54) is 7.11 Å². The topological polar surface area (TPSA) is 81.4 Å². The Hall–Kier alpha value is -3.17. The number of aromatic nitrogens is 4. The van der Waals surface area contributed by atoms with Crippen molar-refractivity contribution in [3.8, 4) is 5.75 Å². The summed E-state index contributed by atoms with van der Waals surface area (Å²) < 4.78 is 44.9. The molecule has 29 heavy (non-hydrogen) atoms. The van der Waals surface area contributed by atoms with Gasteiger partial charge in [0.05, 0.1) is 12.8 Å². The van der Waals surface area contributed by atoms with Crippen LogP contribution < -0.4 is 10.1 Å². The van der Waals surface area contributed by atoms with E-state index in [0.29, 0.717) is 34.8 Å². The molecule has 2 aromatic heterocycles. The average Bonchev–Trinajstić information content (AvgIpc) is 3.06. The summed E-state index contributed by atoms with van der Waals surface area (Å²) in [4.78, 5) is 20.0. The Labute approximate surface area is 164 Å². The second-order valence-electron chi connectivity index (χ2n) is 6.66. The summed E-state index contributed by atoms with van der Waals surface area (Å²) in [6, 6.07) is 5.43. The lowest BCUT2D eigenvalue weighted by Gasteiger charge is -2.12. The van der Waals surface area contributed by atoms with Crippen LogP contribution in [0.4, 0.5) is 18.9 Å². The molecule has 3 aromatic rings. The average molecular weight is 407 g/mol. The van der Waals surface area contributed by atoms with Crippen LogP contribution in [0.25, 0.3) is 5.78 Å². The van der Waals surface area contributed by atoms with Gasteiger partial charge in [0.25, 0.3) is 11.6 Å². The maximum atomic E-state index is 12.9. The monoisotopic (exact) mass is 407 g/mol. The summed E-state index contributed by atoms with van der Waals surface area (Å²) in [6.07, 6.45) is -4.24. The van der Waals surface area contributed by atoms with Gasteiger partial charge < -0.3 is 10.1 Å². The highest BCUT2D eigenvalue weighted by atomic mass is 19.4. The molecule has 0 radical (unpaired) electrons. The van der Waals surface area contributed by atoms with E-state index in [4.69, 9.17) is 4.74 Å². The van der Waals surface area contributed by atoms with Gasteiger partial charge in [0, 0.05) is 17.8 Å². The normalized spacial score (nSPS) is 11.7. The Kier molecular flexibility index (Phi) is 5.45. The third kappa shape index (κ3) is 4.30. The molecule has 1 N–H and O–H groups in total. The molecule has 0 aliphatic carbocycles. The maximum absolute atomic E-state index is 12.9. The van der Waals surface area contributed by atoms with E-state index in [-0.39, 0.29) is 18.1 Å². The predicted molar refractivity (Wildman–Crippen MR) is 99.9 cm³/mol. The molecule has 0 saturated carbocycles. The summed E-state index contributed by atoms with van der Waals surface area (Å²) in [5.74, 6) is -1.07. The Morgan fingerprint density at radius 3 is 2.59 bits per heavy atom. The molecular weight excluding hydrogens is 387 g/mol. The smallest absolute Gasteiger partial charge is 0.453 e. The molecule has 0 unspecified atom stereocenters. The second kappa shape index (κ2) is 7.69. The van der Waals surface area contributed by atoms with Gasteiger partial charge in [-0.2, -0.15) is 18.2 Å². The van der Waals surface area contributed by atoms with Gasteiger partial charge in [-0.3, -0.25) is 4.79 Å².